The number of ether oxygens (including phenoxy) is 1. The number of nitrogens with zero attached hydrogens (tertiary/aromatic N) is 1. The first-order valence-electron chi connectivity index (χ1n) is 9.35. The number of pyridine rings is 1. The van der Waals surface area contributed by atoms with Crippen molar-refractivity contribution in [2.24, 2.45) is 0 Å². The number of amides is 4. The van der Waals surface area contributed by atoms with Crippen molar-refractivity contribution in [3.8, 4) is 11.5 Å². The molecule has 0 fully saturated rings. The summed E-state index contributed by atoms with van der Waals surface area (Å²) in [4.78, 5) is 40.0. The number of carbonyl (C=O) groups excluding carboxylic acids is 3. The molecule has 0 spiro atoms. The molecule has 0 bridgehead atoms. The molecular formula is C23H20N4O4. The lowest BCUT2D eigenvalue weighted by molar-refractivity contribution is 0.0948. The highest BCUT2D eigenvalue weighted by Crippen LogP contribution is 2.23. The van der Waals surface area contributed by atoms with Crippen LogP contribution in [0.4, 0.5) is 10.5 Å². The quantitative estimate of drug-likeness (QED) is 0.508. The molecule has 1 aromatic heterocycles. The van der Waals surface area contributed by atoms with E-state index in [1.54, 1.807) is 66.7 Å². The molecule has 8 heteroatoms. The Morgan fingerprint density at radius 2 is 1.68 bits per heavy atom. The summed E-state index contributed by atoms with van der Waals surface area (Å²) in [5.74, 6) is 0.102. The van der Waals surface area contributed by atoms with Crippen molar-refractivity contribution in [3.05, 3.63) is 96.8 Å². The minimum atomic E-state index is -0.646. The number of carbonyl (C=O) groups is 3. The second-order valence-electron chi connectivity index (χ2n) is 6.28. The van der Waals surface area contributed by atoms with Gasteiger partial charge < -0.3 is 15.4 Å². The second kappa shape index (κ2) is 10.4. The van der Waals surface area contributed by atoms with Crippen molar-refractivity contribution in [2.45, 2.75) is 0 Å². The van der Waals surface area contributed by atoms with Gasteiger partial charge in [0.15, 0.2) is 0 Å². The van der Waals surface area contributed by atoms with Crippen LogP contribution in [0, 0.1) is 0 Å². The fourth-order valence-electron chi connectivity index (χ4n) is 2.52. The predicted molar refractivity (Wildman–Crippen MR) is 116 cm³/mol. The van der Waals surface area contributed by atoms with Crippen LogP contribution < -0.4 is 20.7 Å². The summed E-state index contributed by atoms with van der Waals surface area (Å²) in [6.07, 6.45) is 3.05. The topological polar surface area (TPSA) is 109 Å². The standard InChI is InChI=1S/C23H20N4O4/c1-2-13-25-22(29)20-15-19(12-14-24-20)31-18-10-8-17(9-11-18)26-23(30)27-21(28)16-6-4-3-5-7-16/h2-12,14-15H,1,13H2,(H,25,29)(H2,26,27,28,30). The van der Waals surface area contributed by atoms with E-state index in [2.05, 4.69) is 27.5 Å². The maximum Gasteiger partial charge on any atom is 0.326 e. The van der Waals surface area contributed by atoms with Gasteiger partial charge in [0.05, 0.1) is 0 Å². The molecule has 3 aromatic rings. The molecule has 0 aliphatic heterocycles. The first-order valence-corrected chi connectivity index (χ1v) is 9.35. The fourth-order valence-corrected chi connectivity index (χ4v) is 2.52. The molecule has 0 unspecified atom stereocenters. The van der Waals surface area contributed by atoms with E-state index in [-0.39, 0.29) is 11.6 Å². The van der Waals surface area contributed by atoms with Crippen LogP contribution in [0.25, 0.3) is 0 Å². The lowest BCUT2D eigenvalue weighted by Gasteiger charge is -2.09. The van der Waals surface area contributed by atoms with E-state index < -0.39 is 11.9 Å². The van der Waals surface area contributed by atoms with Crippen molar-refractivity contribution in [1.82, 2.24) is 15.6 Å². The molecule has 0 aliphatic carbocycles. The lowest BCUT2D eigenvalue weighted by Crippen LogP contribution is -2.34. The SMILES string of the molecule is C=CCNC(=O)c1cc(Oc2ccc(NC(=O)NC(=O)c3ccccc3)cc2)ccn1. The average molecular weight is 416 g/mol. The summed E-state index contributed by atoms with van der Waals surface area (Å²) in [7, 11) is 0. The summed E-state index contributed by atoms with van der Waals surface area (Å²) in [6.45, 7) is 3.88. The van der Waals surface area contributed by atoms with Crippen LogP contribution in [0.3, 0.4) is 0 Å². The fraction of sp³-hybridized carbons (Fsp3) is 0.0435. The van der Waals surface area contributed by atoms with E-state index in [1.165, 1.54) is 12.3 Å². The Morgan fingerprint density at radius 3 is 2.39 bits per heavy atom. The highest BCUT2D eigenvalue weighted by Gasteiger charge is 2.11. The summed E-state index contributed by atoms with van der Waals surface area (Å²) < 4.78 is 5.73. The molecule has 2 aromatic carbocycles. The summed E-state index contributed by atoms with van der Waals surface area (Å²) >= 11 is 0. The van der Waals surface area contributed by atoms with Crippen LogP contribution in [0.1, 0.15) is 20.8 Å². The van der Waals surface area contributed by atoms with Crippen molar-refractivity contribution >= 4 is 23.5 Å². The zero-order chi connectivity index (χ0) is 22.1. The minimum absolute atomic E-state index is 0.220. The van der Waals surface area contributed by atoms with E-state index in [0.717, 1.165) is 0 Å². The number of rotatable bonds is 7. The molecule has 0 saturated heterocycles. The number of hydrogen-bond donors (Lipinski definition) is 3. The summed E-state index contributed by atoms with van der Waals surface area (Å²) in [5.41, 5.74) is 1.08. The normalized spacial score (nSPS) is 9.94. The minimum Gasteiger partial charge on any atom is -0.457 e. The van der Waals surface area contributed by atoms with Gasteiger partial charge in [0.1, 0.15) is 17.2 Å². The van der Waals surface area contributed by atoms with Crippen LogP contribution in [0.15, 0.2) is 85.6 Å². The van der Waals surface area contributed by atoms with Gasteiger partial charge in [-0.05, 0) is 42.5 Å². The molecular weight excluding hydrogens is 396 g/mol. The zero-order valence-corrected chi connectivity index (χ0v) is 16.5. The summed E-state index contributed by atoms with van der Waals surface area (Å²) in [5, 5.41) is 7.48. The van der Waals surface area contributed by atoms with Crippen molar-refractivity contribution in [1.29, 1.82) is 0 Å². The molecule has 3 rings (SSSR count). The number of aromatic nitrogens is 1. The maximum atomic E-state index is 12.0. The third-order valence-corrected chi connectivity index (χ3v) is 3.98. The average Bonchev–Trinajstić information content (AvgIpc) is 2.79. The van der Waals surface area contributed by atoms with E-state index in [0.29, 0.717) is 29.3 Å². The Kier molecular flexibility index (Phi) is 7.10. The van der Waals surface area contributed by atoms with Gasteiger partial charge in [-0.15, -0.1) is 6.58 Å². The van der Waals surface area contributed by atoms with Gasteiger partial charge in [0.2, 0.25) is 0 Å². The number of hydrogen-bond acceptors (Lipinski definition) is 5. The molecule has 0 saturated carbocycles. The van der Waals surface area contributed by atoms with Crippen LogP contribution in [0.2, 0.25) is 0 Å². The van der Waals surface area contributed by atoms with E-state index >= 15 is 0 Å². The highest BCUT2D eigenvalue weighted by atomic mass is 16.5. The predicted octanol–water partition coefficient (Wildman–Crippen LogP) is 3.75. The van der Waals surface area contributed by atoms with Crippen LogP contribution >= 0.6 is 0 Å². The first kappa shape index (κ1) is 21.3. The number of benzene rings is 2. The zero-order valence-electron chi connectivity index (χ0n) is 16.5. The largest absolute Gasteiger partial charge is 0.457 e. The molecule has 3 N–H and O–H groups in total. The second-order valence-corrected chi connectivity index (χ2v) is 6.28. The van der Waals surface area contributed by atoms with E-state index in [4.69, 9.17) is 4.74 Å². The highest BCUT2D eigenvalue weighted by molar-refractivity contribution is 6.07. The van der Waals surface area contributed by atoms with Gasteiger partial charge in [-0.1, -0.05) is 24.3 Å². The molecule has 1 heterocycles. The van der Waals surface area contributed by atoms with Crippen LogP contribution in [0.5, 0.6) is 11.5 Å². The maximum absolute atomic E-state index is 12.0. The Bertz CT molecular complexity index is 1080. The van der Waals surface area contributed by atoms with Crippen LogP contribution in [-0.2, 0) is 0 Å². The van der Waals surface area contributed by atoms with Crippen molar-refractivity contribution in [2.75, 3.05) is 11.9 Å². The third-order valence-electron chi connectivity index (χ3n) is 3.98. The number of nitrogens with one attached hydrogen (secondary N) is 3. The molecule has 0 radical (unpaired) electrons. The molecule has 0 aliphatic rings. The Labute approximate surface area is 179 Å². The molecule has 156 valence electrons. The third kappa shape index (κ3) is 6.26. The lowest BCUT2D eigenvalue weighted by atomic mass is 10.2. The molecule has 0 atom stereocenters. The van der Waals surface area contributed by atoms with Gasteiger partial charge in [-0.2, -0.15) is 0 Å². The van der Waals surface area contributed by atoms with Gasteiger partial charge in [0, 0.05) is 30.1 Å². The van der Waals surface area contributed by atoms with Gasteiger partial charge in [-0.3, -0.25) is 19.9 Å². The van der Waals surface area contributed by atoms with Gasteiger partial charge in [0.25, 0.3) is 11.8 Å². The number of anilines is 1. The van der Waals surface area contributed by atoms with Gasteiger partial charge >= 0.3 is 6.03 Å². The Hall–Kier alpha value is -4.46. The van der Waals surface area contributed by atoms with Crippen molar-refractivity contribution < 1.29 is 19.1 Å². The summed E-state index contributed by atoms with van der Waals surface area (Å²) in [6, 6.07) is 17.5. The Morgan fingerprint density at radius 1 is 0.935 bits per heavy atom. The molecule has 4 amide bonds. The Balaban J connectivity index is 1.57. The van der Waals surface area contributed by atoms with E-state index in [9.17, 15) is 14.4 Å². The van der Waals surface area contributed by atoms with Crippen molar-refractivity contribution in [3.63, 3.8) is 0 Å². The number of imide groups is 1. The van der Waals surface area contributed by atoms with Gasteiger partial charge in [-0.25, -0.2) is 4.79 Å². The molecule has 8 nitrogen and oxygen atoms in total. The van der Waals surface area contributed by atoms with E-state index in [1.807, 2.05) is 0 Å². The molecule has 31 heavy (non-hydrogen) atoms. The monoisotopic (exact) mass is 416 g/mol. The first-order chi connectivity index (χ1) is 15.0. The number of urea groups is 1. The smallest absolute Gasteiger partial charge is 0.326 e. The van der Waals surface area contributed by atoms with Crippen LogP contribution in [-0.4, -0.2) is 29.4 Å².